The Hall–Kier alpha value is -1.81. The van der Waals surface area contributed by atoms with Crippen molar-refractivity contribution < 1.29 is 4.74 Å². The molecule has 0 aliphatic rings. The number of nitrogens with one attached hydrogen (secondary N) is 1. The van der Waals surface area contributed by atoms with Crippen LogP contribution in [0.15, 0.2) is 24.4 Å². The maximum atomic E-state index is 5.28. The highest BCUT2D eigenvalue weighted by atomic mass is 16.5. The lowest BCUT2D eigenvalue weighted by Gasteiger charge is -2.19. The molecular weight excluding hydrogens is 250 g/mol. The van der Waals surface area contributed by atoms with Crippen LogP contribution in [0.3, 0.4) is 0 Å². The van der Waals surface area contributed by atoms with Crippen LogP contribution >= 0.6 is 0 Å². The molecule has 0 aliphatic heterocycles. The quantitative estimate of drug-likeness (QED) is 0.910. The van der Waals surface area contributed by atoms with Gasteiger partial charge in [0.25, 0.3) is 0 Å². The fraction of sp³-hybridized carbons (Fsp3) is 0.438. The molecule has 1 atom stereocenters. The Morgan fingerprint density at radius 3 is 2.65 bits per heavy atom. The molecule has 0 saturated carbocycles. The van der Waals surface area contributed by atoms with E-state index in [1.165, 1.54) is 16.7 Å². The van der Waals surface area contributed by atoms with Crippen LogP contribution in [0.1, 0.15) is 35.3 Å². The van der Waals surface area contributed by atoms with Gasteiger partial charge >= 0.3 is 0 Å². The molecular formula is C16H23N3O. The van der Waals surface area contributed by atoms with Gasteiger partial charge in [0.15, 0.2) is 0 Å². The van der Waals surface area contributed by atoms with Gasteiger partial charge in [0.2, 0.25) is 0 Å². The van der Waals surface area contributed by atoms with Crippen molar-refractivity contribution in [1.82, 2.24) is 15.1 Å². The molecule has 0 spiro atoms. The zero-order valence-electron chi connectivity index (χ0n) is 12.9. The van der Waals surface area contributed by atoms with Crippen molar-refractivity contribution >= 4 is 0 Å². The van der Waals surface area contributed by atoms with Crippen molar-refractivity contribution in [3.63, 3.8) is 0 Å². The first-order valence-electron chi connectivity index (χ1n) is 6.94. The molecule has 1 aromatic carbocycles. The zero-order valence-corrected chi connectivity index (χ0v) is 12.9. The molecule has 1 unspecified atom stereocenters. The van der Waals surface area contributed by atoms with Crippen LogP contribution in [0.25, 0.3) is 0 Å². The molecule has 0 saturated heterocycles. The monoisotopic (exact) mass is 273 g/mol. The molecule has 0 bridgehead atoms. The summed E-state index contributed by atoms with van der Waals surface area (Å²) < 4.78 is 7.17. The van der Waals surface area contributed by atoms with Crippen LogP contribution in [-0.4, -0.2) is 23.9 Å². The van der Waals surface area contributed by atoms with Gasteiger partial charge in [-0.2, -0.15) is 5.10 Å². The smallest absolute Gasteiger partial charge is 0.119 e. The van der Waals surface area contributed by atoms with Crippen LogP contribution in [0.5, 0.6) is 5.75 Å². The Morgan fingerprint density at radius 1 is 1.35 bits per heavy atom. The zero-order chi connectivity index (χ0) is 14.7. The summed E-state index contributed by atoms with van der Waals surface area (Å²) in [5.41, 5.74) is 4.86. The number of methoxy groups -OCH3 is 1. The standard InChI is InChI=1S/C16H23N3O/c1-6-15-14(10-19(4)18-15)16(17-3)13-8-7-12(20-5)9-11(13)2/h7-10,16-17H,6H2,1-5H3. The van der Waals surface area contributed by atoms with Crippen molar-refractivity contribution in [2.75, 3.05) is 14.2 Å². The van der Waals surface area contributed by atoms with Crippen LogP contribution in [0, 0.1) is 6.92 Å². The summed E-state index contributed by atoms with van der Waals surface area (Å²) in [5, 5.41) is 7.95. The Morgan fingerprint density at radius 2 is 2.10 bits per heavy atom. The fourth-order valence-corrected chi connectivity index (χ4v) is 2.65. The van der Waals surface area contributed by atoms with Crippen molar-refractivity contribution in [2.45, 2.75) is 26.3 Å². The highest BCUT2D eigenvalue weighted by Gasteiger charge is 2.19. The van der Waals surface area contributed by atoms with Gasteiger partial charge in [0, 0.05) is 18.8 Å². The maximum Gasteiger partial charge on any atom is 0.119 e. The first kappa shape index (κ1) is 14.6. The third kappa shape index (κ3) is 2.70. The topological polar surface area (TPSA) is 39.1 Å². The predicted octanol–water partition coefficient (Wildman–Crippen LogP) is 2.61. The summed E-state index contributed by atoms with van der Waals surface area (Å²) in [6, 6.07) is 6.36. The maximum absolute atomic E-state index is 5.28. The van der Waals surface area contributed by atoms with E-state index in [1.807, 2.05) is 24.8 Å². The minimum Gasteiger partial charge on any atom is -0.497 e. The average molecular weight is 273 g/mol. The number of aromatic nitrogens is 2. The lowest BCUT2D eigenvalue weighted by Crippen LogP contribution is -2.19. The van der Waals surface area contributed by atoms with E-state index in [4.69, 9.17) is 4.74 Å². The molecule has 0 aliphatic carbocycles. The Labute approximate surface area is 120 Å². The Bertz CT molecular complexity index is 589. The molecule has 0 fully saturated rings. The van der Waals surface area contributed by atoms with E-state index in [-0.39, 0.29) is 6.04 Å². The van der Waals surface area contributed by atoms with Crippen molar-refractivity contribution in [2.24, 2.45) is 7.05 Å². The number of hydrogen-bond acceptors (Lipinski definition) is 3. The number of rotatable bonds is 5. The van der Waals surface area contributed by atoms with Crippen molar-refractivity contribution in [3.8, 4) is 5.75 Å². The van der Waals surface area contributed by atoms with E-state index >= 15 is 0 Å². The normalized spacial score (nSPS) is 12.4. The lowest BCUT2D eigenvalue weighted by atomic mass is 9.94. The summed E-state index contributed by atoms with van der Waals surface area (Å²) in [7, 11) is 5.65. The number of ether oxygens (including phenoxy) is 1. The molecule has 20 heavy (non-hydrogen) atoms. The third-order valence-electron chi connectivity index (χ3n) is 3.66. The summed E-state index contributed by atoms with van der Waals surface area (Å²) in [6.07, 6.45) is 3.03. The van der Waals surface area contributed by atoms with E-state index in [9.17, 15) is 0 Å². The second kappa shape index (κ2) is 6.09. The van der Waals surface area contributed by atoms with Crippen LogP contribution in [0.4, 0.5) is 0 Å². The first-order chi connectivity index (χ1) is 9.60. The number of hydrogen-bond donors (Lipinski definition) is 1. The second-order valence-corrected chi connectivity index (χ2v) is 5.00. The first-order valence-corrected chi connectivity index (χ1v) is 6.94. The van der Waals surface area contributed by atoms with E-state index in [0.717, 1.165) is 17.9 Å². The van der Waals surface area contributed by atoms with E-state index in [0.29, 0.717) is 0 Å². The summed E-state index contributed by atoms with van der Waals surface area (Å²) in [6.45, 7) is 4.25. The predicted molar refractivity (Wildman–Crippen MR) is 81.2 cm³/mol. The van der Waals surface area contributed by atoms with Gasteiger partial charge < -0.3 is 10.1 Å². The van der Waals surface area contributed by atoms with Gasteiger partial charge in [-0.3, -0.25) is 4.68 Å². The summed E-state index contributed by atoms with van der Waals surface area (Å²) in [5.74, 6) is 0.892. The molecule has 1 aromatic heterocycles. The average Bonchev–Trinajstić information content (AvgIpc) is 2.82. The molecule has 0 radical (unpaired) electrons. The molecule has 2 aromatic rings. The van der Waals surface area contributed by atoms with Crippen LogP contribution < -0.4 is 10.1 Å². The van der Waals surface area contributed by atoms with Gasteiger partial charge in [0.1, 0.15) is 5.75 Å². The second-order valence-electron chi connectivity index (χ2n) is 5.00. The Balaban J connectivity index is 2.46. The molecule has 1 N–H and O–H groups in total. The molecule has 0 amide bonds. The van der Waals surface area contributed by atoms with Crippen molar-refractivity contribution in [1.29, 1.82) is 0 Å². The molecule has 2 rings (SSSR count). The van der Waals surface area contributed by atoms with Gasteiger partial charge in [-0.1, -0.05) is 13.0 Å². The highest BCUT2D eigenvalue weighted by Crippen LogP contribution is 2.29. The Kier molecular flexibility index (Phi) is 4.45. The molecule has 108 valence electrons. The summed E-state index contributed by atoms with van der Waals surface area (Å²) in [4.78, 5) is 0. The van der Waals surface area contributed by atoms with E-state index in [1.54, 1.807) is 7.11 Å². The van der Waals surface area contributed by atoms with Gasteiger partial charge in [-0.15, -0.1) is 0 Å². The van der Waals surface area contributed by atoms with Crippen LogP contribution in [0.2, 0.25) is 0 Å². The SMILES string of the molecule is CCc1nn(C)cc1C(NC)c1ccc(OC)cc1C. The minimum atomic E-state index is 0.157. The van der Waals surface area contributed by atoms with Crippen LogP contribution in [-0.2, 0) is 13.5 Å². The highest BCUT2D eigenvalue weighted by molar-refractivity contribution is 5.41. The van der Waals surface area contributed by atoms with Gasteiger partial charge in [-0.05, 0) is 43.7 Å². The summed E-state index contributed by atoms with van der Waals surface area (Å²) >= 11 is 0. The number of aryl methyl sites for hydroxylation is 3. The van der Waals surface area contributed by atoms with E-state index in [2.05, 4.69) is 42.6 Å². The largest absolute Gasteiger partial charge is 0.497 e. The molecule has 4 heteroatoms. The fourth-order valence-electron chi connectivity index (χ4n) is 2.65. The third-order valence-corrected chi connectivity index (χ3v) is 3.66. The van der Waals surface area contributed by atoms with Gasteiger partial charge in [0.05, 0.1) is 18.8 Å². The molecule has 1 heterocycles. The number of nitrogens with zero attached hydrogens (tertiary/aromatic N) is 2. The van der Waals surface area contributed by atoms with Crippen molar-refractivity contribution in [3.05, 3.63) is 46.8 Å². The van der Waals surface area contributed by atoms with E-state index < -0.39 is 0 Å². The molecule has 4 nitrogen and oxygen atoms in total. The number of benzene rings is 1. The minimum absolute atomic E-state index is 0.157. The lowest BCUT2D eigenvalue weighted by molar-refractivity contribution is 0.414. The van der Waals surface area contributed by atoms with Gasteiger partial charge in [-0.25, -0.2) is 0 Å².